The molecule has 18 heavy (non-hydrogen) atoms. The fraction of sp³-hybridized carbons (Fsp3) is 0.571. The van der Waals surface area contributed by atoms with E-state index in [0.717, 1.165) is 42.6 Å². The normalized spacial score (nSPS) is 19.7. The van der Waals surface area contributed by atoms with E-state index >= 15 is 0 Å². The van der Waals surface area contributed by atoms with Crippen LogP contribution in [0.4, 0.5) is 4.39 Å². The third-order valence-electron chi connectivity index (χ3n) is 3.34. The molecular weight excluding hydrogens is 297 g/mol. The molecule has 1 aliphatic heterocycles. The quantitative estimate of drug-likeness (QED) is 0.823. The summed E-state index contributed by atoms with van der Waals surface area (Å²) in [6.07, 6.45) is 2.59. The third-order valence-corrected chi connectivity index (χ3v) is 3.84. The predicted octanol–water partition coefficient (Wildman–Crippen LogP) is 3.59. The summed E-state index contributed by atoms with van der Waals surface area (Å²) in [5.41, 5.74) is 0.748. The van der Waals surface area contributed by atoms with Gasteiger partial charge in [-0.3, -0.25) is 4.90 Å². The molecule has 0 aliphatic carbocycles. The maximum absolute atomic E-state index is 13.8. The zero-order chi connectivity index (χ0) is 13.0. The van der Waals surface area contributed by atoms with E-state index in [9.17, 15) is 4.39 Å². The van der Waals surface area contributed by atoms with Crippen LogP contribution < -0.4 is 0 Å². The van der Waals surface area contributed by atoms with Gasteiger partial charge in [-0.05, 0) is 31.5 Å². The van der Waals surface area contributed by atoms with Crippen LogP contribution >= 0.6 is 15.9 Å². The standard InChI is InChI=1S/C14H19BrFNO/c1-2-17(10-13-4-3-7-18-13)9-11-5-6-12(15)8-14(11)16/h5-6,8,13H,2-4,7,9-10H2,1H3. The molecular formula is C14H19BrFNO. The second-order valence-electron chi connectivity index (χ2n) is 4.70. The minimum absolute atomic E-state index is 0.143. The molecule has 0 N–H and O–H groups in total. The smallest absolute Gasteiger partial charge is 0.128 e. The van der Waals surface area contributed by atoms with Crippen LogP contribution in [0.1, 0.15) is 25.3 Å². The van der Waals surface area contributed by atoms with Crippen LogP contribution in [0.5, 0.6) is 0 Å². The van der Waals surface area contributed by atoms with E-state index < -0.39 is 0 Å². The molecule has 1 saturated heterocycles. The summed E-state index contributed by atoms with van der Waals surface area (Å²) in [5.74, 6) is -0.143. The van der Waals surface area contributed by atoms with Crippen molar-refractivity contribution in [2.24, 2.45) is 0 Å². The molecule has 1 aromatic rings. The molecule has 1 aliphatic rings. The van der Waals surface area contributed by atoms with Crippen molar-refractivity contribution < 1.29 is 9.13 Å². The maximum Gasteiger partial charge on any atom is 0.128 e. The third kappa shape index (κ3) is 3.77. The maximum atomic E-state index is 13.8. The van der Waals surface area contributed by atoms with Crippen molar-refractivity contribution in [1.82, 2.24) is 4.90 Å². The number of hydrogen-bond donors (Lipinski definition) is 0. The Morgan fingerprint density at radius 2 is 2.33 bits per heavy atom. The molecule has 2 nitrogen and oxygen atoms in total. The van der Waals surface area contributed by atoms with Gasteiger partial charge in [0.25, 0.3) is 0 Å². The average Bonchev–Trinajstić information content (AvgIpc) is 2.84. The van der Waals surface area contributed by atoms with Gasteiger partial charge in [0, 0.05) is 29.7 Å². The van der Waals surface area contributed by atoms with Gasteiger partial charge in [0.05, 0.1) is 6.10 Å². The van der Waals surface area contributed by atoms with Crippen LogP contribution in [0.2, 0.25) is 0 Å². The lowest BCUT2D eigenvalue weighted by Crippen LogP contribution is -2.31. The van der Waals surface area contributed by atoms with E-state index in [4.69, 9.17) is 4.74 Å². The van der Waals surface area contributed by atoms with Crippen molar-refractivity contribution in [3.63, 3.8) is 0 Å². The SMILES string of the molecule is CCN(Cc1ccc(Br)cc1F)CC1CCCO1. The molecule has 4 heteroatoms. The Balaban J connectivity index is 1.96. The van der Waals surface area contributed by atoms with E-state index in [1.807, 2.05) is 12.1 Å². The second kappa shape index (κ2) is 6.64. The van der Waals surface area contributed by atoms with Gasteiger partial charge >= 0.3 is 0 Å². The summed E-state index contributed by atoms with van der Waals surface area (Å²) in [7, 11) is 0. The molecule has 0 aromatic heterocycles. The lowest BCUT2D eigenvalue weighted by Gasteiger charge is -2.23. The van der Waals surface area contributed by atoms with Crippen molar-refractivity contribution >= 4 is 15.9 Å². The van der Waals surface area contributed by atoms with Crippen LogP contribution in [-0.2, 0) is 11.3 Å². The van der Waals surface area contributed by atoms with Crippen LogP contribution in [-0.4, -0.2) is 30.7 Å². The highest BCUT2D eigenvalue weighted by Crippen LogP contribution is 2.18. The first-order valence-corrected chi connectivity index (χ1v) is 7.26. The van der Waals surface area contributed by atoms with Gasteiger partial charge in [-0.2, -0.15) is 0 Å². The monoisotopic (exact) mass is 315 g/mol. The Labute approximate surface area is 116 Å². The number of hydrogen-bond acceptors (Lipinski definition) is 2. The fourth-order valence-electron chi connectivity index (χ4n) is 2.27. The molecule has 2 rings (SSSR count). The van der Waals surface area contributed by atoms with Crippen molar-refractivity contribution in [1.29, 1.82) is 0 Å². The minimum atomic E-state index is -0.143. The van der Waals surface area contributed by atoms with E-state index in [1.165, 1.54) is 6.07 Å². The number of halogens is 2. The summed E-state index contributed by atoms with van der Waals surface area (Å²) in [4.78, 5) is 2.24. The topological polar surface area (TPSA) is 12.5 Å². The Bertz CT molecular complexity index is 393. The van der Waals surface area contributed by atoms with Crippen LogP contribution in [0.3, 0.4) is 0 Å². The van der Waals surface area contributed by atoms with E-state index in [1.54, 1.807) is 0 Å². The van der Waals surface area contributed by atoms with Gasteiger partial charge in [0.1, 0.15) is 5.82 Å². The van der Waals surface area contributed by atoms with Crippen LogP contribution in [0.25, 0.3) is 0 Å². The Morgan fingerprint density at radius 3 is 2.94 bits per heavy atom. The minimum Gasteiger partial charge on any atom is -0.377 e. The molecule has 1 unspecified atom stereocenters. The largest absolute Gasteiger partial charge is 0.377 e. The molecule has 0 bridgehead atoms. The van der Waals surface area contributed by atoms with Gasteiger partial charge in [-0.15, -0.1) is 0 Å². The van der Waals surface area contributed by atoms with Gasteiger partial charge in [-0.25, -0.2) is 4.39 Å². The van der Waals surface area contributed by atoms with Gasteiger partial charge in [0.15, 0.2) is 0 Å². The zero-order valence-electron chi connectivity index (χ0n) is 10.7. The number of likely N-dealkylation sites (N-methyl/N-ethyl adjacent to an activating group) is 1. The average molecular weight is 316 g/mol. The van der Waals surface area contributed by atoms with Crippen molar-refractivity contribution in [2.45, 2.75) is 32.4 Å². The van der Waals surface area contributed by atoms with Crippen LogP contribution in [0, 0.1) is 5.82 Å². The lowest BCUT2D eigenvalue weighted by molar-refractivity contribution is 0.0721. The number of ether oxygens (including phenoxy) is 1. The second-order valence-corrected chi connectivity index (χ2v) is 5.61. The lowest BCUT2D eigenvalue weighted by atomic mass is 10.1. The van der Waals surface area contributed by atoms with E-state index in [2.05, 4.69) is 27.8 Å². The Morgan fingerprint density at radius 1 is 1.50 bits per heavy atom. The Hall–Kier alpha value is -0.450. The highest BCUT2D eigenvalue weighted by molar-refractivity contribution is 9.10. The molecule has 0 radical (unpaired) electrons. The first-order chi connectivity index (χ1) is 8.69. The van der Waals surface area contributed by atoms with Crippen molar-refractivity contribution in [3.05, 3.63) is 34.1 Å². The highest BCUT2D eigenvalue weighted by Gasteiger charge is 2.19. The fourth-order valence-corrected chi connectivity index (χ4v) is 2.61. The summed E-state index contributed by atoms with van der Waals surface area (Å²) in [5, 5.41) is 0. The van der Waals surface area contributed by atoms with Gasteiger partial charge in [-0.1, -0.05) is 28.9 Å². The summed E-state index contributed by atoms with van der Waals surface area (Å²) < 4.78 is 20.2. The molecule has 100 valence electrons. The summed E-state index contributed by atoms with van der Waals surface area (Å²) in [6.45, 7) is 5.43. The summed E-state index contributed by atoms with van der Waals surface area (Å²) >= 11 is 3.28. The van der Waals surface area contributed by atoms with Gasteiger partial charge in [0.2, 0.25) is 0 Å². The molecule has 0 saturated carbocycles. The van der Waals surface area contributed by atoms with E-state index in [-0.39, 0.29) is 5.82 Å². The zero-order valence-corrected chi connectivity index (χ0v) is 12.2. The van der Waals surface area contributed by atoms with Crippen LogP contribution in [0.15, 0.2) is 22.7 Å². The molecule has 1 atom stereocenters. The molecule has 1 heterocycles. The first-order valence-electron chi connectivity index (χ1n) is 6.47. The highest BCUT2D eigenvalue weighted by atomic mass is 79.9. The van der Waals surface area contributed by atoms with E-state index in [0.29, 0.717) is 12.6 Å². The summed E-state index contributed by atoms with van der Waals surface area (Å²) in [6, 6.07) is 5.26. The van der Waals surface area contributed by atoms with Crippen molar-refractivity contribution in [3.8, 4) is 0 Å². The van der Waals surface area contributed by atoms with Gasteiger partial charge < -0.3 is 4.74 Å². The number of benzene rings is 1. The predicted molar refractivity (Wildman–Crippen MR) is 74.0 cm³/mol. The molecule has 0 spiro atoms. The Kier molecular flexibility index (Phi) is 5.15. The molecule has 1 aromatic carbocycles. The number of rotatable bonds is 5. The molecule has 0 amide bonds. The number of nitrogens with zero attached hydrogens (tertiary/aromatic N) is 1. The molecule has 1 fully saturated rings. The first kappa shape index (κ1) is 14.0. The van der Waals surface area contributed by atoms with Crippen molar-refractivity contribution in [2.75, 3.05) is 19.7 Å².